The van der Waals surface area contributed by atoms with Gasteiger partial charge >= 0.3 is 5.97 Å². The molecule has 0 amide bonds. The van der Waals surface area contributed by atoms with Crippen molar-refractivity contribution >= 4 is 28.5 Å². The first-order valence-corrected chi connectivity index (χ1v) is 7.17. The Balaban J connectivity index is 2.09. The van der Waals surface area contributed by atoms with Crippen LogP contribution < -0.4 is 0 Å². The van der Waals surface area contributed by atoms with Crippen LogP contribution in [0.2, 0.25) is 5.02 Å². The van der Waals surface area contributed by atoms with Crippen molar-refractivity contribution in [1.82, 2.24) is 9.97 Å². The minimum absolute atomic E-state index is 0.0310. The largest absolute Gasteiger partial charge is 0.478 e. The molecule has 3 rings (SSSR count). The van der Waals surface area contributed by atoms with Crippen LogP contribution in [0.4, 0.5) is 0 Å². The number of hydrogen-bond acceptors (Lipinski definition) is 3. The third-order valence-corrected chi connectivity index (χ3v) is 3.91. The van der Waals surface area contributed by atoms with Gasteiger partial charge in [0.15, 0.2) is 0 Å². The van der Waals surface area contributed by atoms with E-state index in [1.165, 1.54) is 12.3 Å². The Morgan fingerprint density at radius 3 is 2.68 bits per heavy atom. The van der Waals surface area contributed by atoms with Crippen molar-refractivity contribution in [1.29, 1.82) is 0 Å². The summed E-state index contributed by atoms with van der Waals surface area (Å²) in [6, 6.07) is 10.8. The lowest BCUT2D eigenvalue weighted by Gasteiger charge is -2.13. The zero-order valence-corrected chi connectivity index (χ0v) is 12.6. The molecule has 1 N–H and O–H groups in total. The zero-order valence-electron chi connectivity index (χ0n) is 11.8. The van der Waals surface area contributed by atoms with E-state index >= 15 is 0 Å². The Morgan fingerprint density at radius 1 is 1.18 bits per heavy atom. The lowest BCUT2D eigenvalue weighted by Crippen LogP contribution is -2.02. The van der Waals surface area contributed by atoms with Gasteiger partial charge in [0.05, 0.1) is 16.1 Å². The lowest BCUT2D eigenvalue weighted by atomic mass is 9.94. The van der Waals surface area contributed by atoms with E-state index in [1.807, 2.05) is 31.2 Å². The van der Waals surface area contributed by atoms with Crippen LogP contribution in [0.5, 0.6) is 0 Å². The molecule has 0 saturated heterocycles. The highest BCUT2D eigenvalue weighted by molar-refractivity contribution is 6.30. The highest BCUT2D eigenvalue weighted by Gasteiger charge is 2.14. The van der Waals surface area contributed by atoms with Gasteiger partial charge in [0.25, 0.3) is 0 Å². The SMILES string of the molecule is C[C@H](c1ccc2nccc(C(=O)O)c2c1)c1ccc(Cl)cn1. The van der Waals surface area contributed by atoms with Crippen LogP contribution in [0, 0.1) is 0 Å². The average molecular weight is 313 g/mol. The number of benzene rings is 1. The summed E-state index contributed by atoms with van der Waals surface area (Å²) < 4.78 is 0. The van der Waals surface area contributed by atoms with Gasteiger partial charge in [-0.1, -0.05) is 24.6 Å². The highest BCUT2D eigenvalue weighted by Crippen LogP contribution is 2.27. The van der Waals surface area contributed by atoms with E-state index in [0.717, 1.165) is 11.3 Å². The summed E-state index contributed by atoms with van der Waals surface area (Å²) in [5, 5.41) is 10.5. The van der Waals surface area contributed by atoms with Crippen LogP contribution >= 0.6 is 11.6 Å². The van der Waals surface area contributed by atoms with Gasteiger partial charge in [-0.15, -0.1) is 0 Å². The van der Waals surface area contributed by atoms with Crippen molar-refractivity contribution < 1.29 is 9.90 Å². The van der Waals surface area contributed by atoms with Crippen LogP contribution in [-0.2, 0) is 0 Å². The van der Waals surface area contributed by atoms with Gasteiger partial charge in [0.1, 0.15) is 0 Å². The summed E-state index contributed by atoms with van der Waals surface area (Å²) in [5.41, 5.74) is 2.78. The number of aromatic carboxylic acids is 1. The molecule has 0 aliphatic heterocycles. The van der Waals surface area contributed by atoms with Gasteiger partial charge in [-0.3, -0.25) is 9.97 Å². The lowest BCUT2D eigenvalue weighted by molar-refractivity contribution is 0.0699. The number of aromatic nitrogens is 2. The van der Waals surface area contributed by atoms with Gasteiger partial charge < -0.3 is 5.11 Å². The summed E-state index contributed by atoms with van der Waals surface area (Å²) in [7, 11) is 0. The third-order valence-electron chi connectivity index (χ3n) is 3.69. The first-order valence-electron chi connectivity index (χ1n) is 6.79. The van der Waals surface area contributed by atoms with Gasteiger partial charge in [-0.25, -0.2) is 4.79 Å². The van der Waals surface area contributed by atoms with E-state index in [0.29, 0.717) is 15.9 Å². The van der Waals surface area contributed by atoms with E-state index in [1.54, 1.807) is 12.3 Å². The molecule has 0 bridgehead atoms. The maximum absolute atomic E-state index is 11.3. The summed E-state index contributed by atoms with van der Waals surface area (Å²) in [5.74, 6) is -0.926. The fourth-order valence-corrected chi connectivity index (χ4v) is 2.55. The smallest absolute Gasteiger partial charge is 0.336 e. The Labute approximate surface area is 132 Å². The first kappa shape index (κ1) is 14.5. The molecular weight excluding hydrogens is 300 g/mol. The molecule has 1 aromatic carbocycles. The van der Waals surface area contributed by atoms with E-state index in [4.69, 9.17) is 11.6 Å². The quantitative estimate of drug-likeness (QED) is 0.789. The molecule has 0 aliphatic carbocycles. The van der Waals surface area contributed by atoms with E-state index in [2.05, 4.69) is 9.97 Å². The average Bonchev–Trinajstić information content (AvgIpc) is 2.53. The number of carboxylic acids is 1. The Hall–Kier alpha value is -2.46. The highest BCUT2D eigenvalue weighted by atomic mass is 35.5. The Kier molecular flexibility index (Phi) is 3.77. The van der Waals surface area contributed by atoms with Crippen molar-refractivity contribution in [2.75, 3.05) is 0 Å². The zero-order chi connectivity index (χ0) is 15.7. The number of carbonyl (C=O) groups is 1. The first-order chi connectivity index (χ1) is 10.6. The van der Waals surface area contributed by atoms with Gasteiger partial charge in [0.2, 0.25) is 0 Å². The molecule has 2 aromatic heterocycles. The maximum Gasteiger partial charge on any atom is 0.336 e. The molecule has 0 aliphatic rings. The molecule has 110 valence electrons. The molecule has 4 nitrogen and oxygen atoms in total. The number of pyridine rings is 2. The normalized spacial score (nSPS) is 12.3. The minimum Gasteiger partial charge on any atom is -0.478 e. The van der Waals surface area contributed by atoms with Gasteiger partial charge in [0, 0.05) is 29.4 Å². The third kappa shape index (κ3) is 2.65. The molecule has 0 radical (unpaired) electrons. The van der Waals surface area contributed by atoms with Crippen molar-refractivity contribution in [2.45, 2.75) is 12.8 Å². The van der Waals surface area contributed by atoms with Crippen molar-refractivity contribution in [3.05, 3.63) is 70.6 Å². The molecule has 0 unspecified atom stereocenters. The van der Waals surface area contributed by atoms with Gasteiger partial charge in [-0.2, -0.15) is 0 Å². The molecule has 5 heteroatoms. The van der Waals surface area contributed by atoms with Crippen molar-refractivity contribution in [3.63, 3.8) is 0 Å². The summed E-state index contributed by atoms with van der Waals surface area (Å²) in [6.45, 7) is 2.02. The fourth-order valence-electron chi connectivity index (χ4n) is 2.43. The molecule has 22 heavy (non-hydrogen) atoms. The number of halogens is 1. The second-order valence-electron chi connectivity index (χ2n) is 5.06. The van der Waals surface area contributed by atoms with E-state index < -0.39 is 5.97 Å². The molecule has 2 heterocycles. The second kappa shape index (κ2) is 5.73. The van der Waals surface area contributed by atoms with Crippen molar-refractivity contribution in [3.8, 4) is 0 Å². The van der Waals surface area contributed by atoms with Crippen LogP contribution in [0.15, 0.2) is 48.8 Å². The summed E-state index contributed by atoms with van der Waals surface area (Å²) >= 11 is 5.86. The maximum atomic E-state index is 11.3. The molecule has 0 spiro atoms. The fraction of sp³-hybridized carbons (Fsp3) is 0.118. The number of hydrogen-bond donors (Lipinski definition) is 1. The van der Waals surface area contributed by atoms with Crippen LogP contribution in [0.25, 0.3) is 10.9 Å². The van der Waals surface area contributed by atoms with E-state index in [9.17, 15) is 9.90 Å². The predicted molar refractivity (Wildman–Crippen MR) is 85.5 cm³/mol. The molecule has 3 aromatic rings. The minimum atomic E-state index is -0.957. The topological polar surface area (TPSA) is 63.1 Å². The van der Waals surface area contributed by atoms with Gasteiger partial charge in [-0.05, 0) is 35.9 Å². The number of fused-ring (bicyclic) bond motifs is 1. The molecule has 0 fully saturated rings. The Bertz CT molecular complexity index is 847. The predicted octanol–water partition coefficient (Wildman–Crippen LogP) is 4.13. The number of nitrogens with zero attached hydrogens (tertiary/aromatic N) is 2. The molecule has 0 saturated carbocycles. The number of carboxylic acid groups (broad SMARTS) is 1. The molecular formula is C17H13ClN2O2. The monoisotopic (exact) mass is 312 g/mol. The van der Waals surface area contributed by atoms with Crippen LogP contribution in [0.1, 0.15) is 34.5 Å². The van der Waals surface area contributed by atoms with E-state index in [-0.39, 0.29) is 11.5 Å². The van der Waals surface area contributed by atoms with Crippen LogP contribution in [0.3, 0.4) is 0 Å². The Morgan fingerprint density at radius 2 is 2.00 bits per heavy atom. The summed E-state index contributed by atoms with van der Waals surface area (Å²) in [6.07, 6.45) is 3.12. The number of rotatable bonds is 3. The standard InChI is InChI=1S/C17H13ClN2O2/c1-10(15-5-3-12(18)9-20-15)11-2-4-16-14(8-11)13(17(21)22)6-7-19-16/h2-10H,1H3,(H,21,22)/t10-/m1/s1. The summed E-state index contributed by atoms with van der Waals surface area (Å²) in [4.78, 5) is 19.9. The van der Waals surface area contributed by atoms with Crippen LogP contribution in [-0.4, -0.2) is 21.0 Å². The second-order valence-corrected chi connectivity index (χ2v) is 5.50. The molecule has 1 atom stereocenters. The van der Waals surface area contributed by atoms with Crippen molar-refractivity contribution in [2.24, 2.45) is 0 Å².